The summed E-state index contributed by atoms with van der Waals surface area (Å²) in [6.07, 6.45) is 1.81. The first-order valence-corrected chi connectivity index (χ1v) is 4.05. The Kier molecular flexibility index (Phi) is 3.43. The normalized spacial score (nSPS) is 8.86. The van der Waals surface area contributed by atoms with Crippen LogP contribution < -0.4 is 11.5 Å². The molecule has 0 saturated heterocycles. The number of carbonyl (C=O) groups is 1. The molecule has 72 valence electrons. The van der Waals surface area contributed by atoms with Crippen LogP contribution in [-0.4, -0.2) is 11.0 Å². The molecule has 0 radical (unpaired) electrons. The fourth-order valence-electron chi connectivity index (χ4n) is 1.02. The summed E-state index contributed by atoms with van der Waals surface area (Å²) in [5.41, 5.74) is 9.56. The van der Waals surface area contributed by atoms with E-state index in [1.165, 1.54) is 5.39 Å². The summed E-state index contributed by atoms with van der Waals surface area (Å²) in [6, 6.07) is 11.3. The number of carbonyl (C=O) groups excluding carboxylic acids is 1. The Morgan fingerprint density at radius 3 is 2.29 bits per heavy atom. The summed E-state index contributed by atoms with van der Waals surface area (Å²) in [5, 5.41) is 1.20. The Balaban J connectivity index is 0.000000213. The van der Waals surface area contributed by atoms with Crippen LogP contribution in [0.2, 0.25) is 0 Å². The van der Waals surface area contributed by atoms with Crippen LogP contribution >= 0.6 is 0 Å². The average molecular weight is 189 g/mol. The number of rotatable bonds is 0. The van der Waals surface area contributed by atoms with E-state index in [4.69, 9.17) is 4.79 Å². The number of urea groups is 1. The van der Waals surface area contributed by atoms with E-state index in [1.54, 1.807) is 0 Å². The number of fused-ring (bicyclic) bond motifs is 1. The lowest BCUT2D eigenvalue weighted by molar-refractivity contribution is 0.256. The van der Waals surface area contributed by atoms with E-state index in [0.717, 1.165) is 5.52 Å². The molecule has 4 heteroatoms. The SMILES string of the molecule is NC(N)=O.c1ccc2ncccc2c1. The number of primary amides is 2. The molecular weight excluding hydrogens is 178 g/mol. The first-order chi connectivity index (χ1) is 6.70. The van der Waals surface area contributed by atoms with Gasteiger partial charge in [0.2, 0.25) is 0 Å². The molecule has 4 nitrogen and oxygen atoms in total. The summed E-state index contributed by atoms with van der Waals surface area (Å²) < 4.78 is 0. The standard InChI is InChI=1S/C9H7N.CH4N2O/c1-2-6-9-8(4-1)5-3-7-10-9;2-1(3)4/h1-7H;(H4,2,3,4). The molecule has 0 spiro atoms. The second kappa shape index (κ2) is 4.81. The van der Waals surface area contributed by atoms with Crippen LogP contribution in [0.5, 0.6) is 0 Å². The summed E-state index contributed by atoms with van der Waals surface area (Å²) >= 11 is 0. The highest BCUT2D eigenvalue weighted by Gasteiger charge is 1.86. The van der Waals surface area contributed by atoms with Crippen molar-refractivity contribution in [1.82, 2.24) is 4.98 Å². The van der Waals surface area contributed by atoms with Crippen LogP contribution in [0.15, 0.2) is 42.6 Å². The van der Waals surface area contributed by atoms with Crippen molar-refractivity contribution in [3.8, 4) is 0 Å². The van der Waals surface area contributed by atoms with Gasteiger partial charge in [-0.25, -0.2) is 4.79 Å². The number of pyridine rings is 1. The summed E-state index contributed by atoms with van der Waals surface area (Å²) in [6.45, 7) is 0. The van der Waals surface area contributed by atoms with Crippen LogP contribution in [0.25, 0.3) is 10.9 Å². The topological polar surface area (TPSA) is 82.0 Å². The van der Waals surface area contributed by atoms with E-state index in [0.29, 0.717) is 0 Å². The quantitative estimate of drug-likeness (QED) is 0.654. The number of hydrogen-bond acceptors (Lipinski definition) is 2. The van der Waals surface area contributed by atoms with Crippen molar-refractivity contribution < 1.29 is 4.79 Å². The fourth-order valence-corrected chi connectivity index (χ4v) is 1.02. The van der Waals surface area contributed by atoms with Gasteiger partial charge in [-0.2, -0.15) is 0 Å². The molecule has 2 aromatic rings. The summed E-state index contributed by atoms with van der Waals surface area (Å²) in [5.74, 6) is 0. The highest BCUT2D eigenvalue weighted by Crippen LogP contribution is 2.07. The lowest BCUT2D eigenvalue weighted by Gasteiger charge is -1.91. The van der Waals surface area contributed by atoms with Crippen LogP contribution in [0.1, 0.15) is 0 Å². The summed E-state index contributed by atoms with van der Waals surface area (Å²) in [7, 11) is 0. The van der Waals surface area contributed by atoms with Gasteiger partial charge in [-0.05, 0) is 12.1 Å². The maximum atomic E-state index is 9.00. The van der Waals surface area contributed by atoms with Crippen LogP contribution in [0, 0.1) is 0 Å². The third kappa shape index (κ3) is 3.10. The molecule has 0 aliphatic carbocycles. The van der Waals surface area contributed by atoms with Crippen LogP contribution in [0.3, 0.4) is 0 Å². The van der Waals surface area contributed by atoms with E-state index in [9.17, 15) is 0 Å². The maximum Gasteiger partial charge on any atom is 0.309 e. The Labute approximate surface area is 81.5 Å². The van der Waals surface area contributed by atoms with Gasteiger partial charge in [-0.3, -0.25) is 4.98 Å². The minimum absolute atomic E-state index is 0.833. The smallest absolute Gasteiger partial charge is 0.309 e. The van der Waals surface area contributed by atoms with Gasteiger partial charge in [-0.15, -0.1) is 0 Å². The Hall–Kier alpha value is -2.10. The number of benzene rings is 1. The molecule has 2 amide bonds. The molecule has 0 aliphatic heterocycles. The van der Waals surface area contributed by atoms with E-state index in [-0.39, 0.29) is 0 Å². The molecule has 1 aromatic carbocycles. The minimum atomic E-state index is -0.833. The third-order valence-corrected chi connectivity index (χ3v) is 1.51. The number of aromatic nitrogens is 1. The predicted molar refractivity (Wildman–Crippen MR) is 55.5 cm³/mol. The van der Waals surface area contributed by atoms with Crippen LogP contribution in [0.4, 0.5) is 4.79 Å². The predicted octanol–water partition coefficient (Wildman–Crippen LogP) is 1.26. The third-order valence-electron chi connectivity index (χ3n) is 1.51. The molecule has 0 atom stereocenters. The van der Waals surface area contributed by atoms with Gasteiger partial charge in [0.1, 0.15) is 0 Å². The molecule has 1 aromatic heterocycles. The van der Waals surface area contributed by atoms with Gasteiger partial charge in [0.15, 0.2) is 0 Å². The Morgan fingerprint density at radius 2 is 1.64 bits per heavy atom. The Morgan fingerprint density at radius 1 is 1.07 bits per heavy atom. The number of hydrogen-bond donors (Lipinski definition) is 2. The lowest BCUT2D eigenvalue weighted by Crippen LogP contribution is -2.18. The van der Waals surface area contributed by atoms with Gasteiger partial charge in [0.25, 0.3) is 0 Å². The van der Waals surface area contributed by atoms with Crippen molar-refractivity contribution in [3.63, 3.8) is 0 Å². The van der Waals surface area contributed by atoms with Crippen molar-refractivity contribution in [1.29, 1.82) is 0 Å². The molecule has 1 heterocycles. The Bertz CT molecular complexity index is 359. The van der Waals surface area contributed by atoms with Gasteiger partial charge < -0.3 is 11.5 Å². The van der Waals surface area contributed by atoms with Gasteiger partial charge in [0.05, 0.1) is 5.52 Å². The first kappa shape index (κ1) is 9.98. The first-order valence-electron chi connectivity index (χ1n) is 4.05. The van der Waals surface area contributed by atoms with Crippen LogP contribution in [-0.2, 0) is 0 Å². The number of para-hydroxylation sites is 1. The molecule has 0 bridgehead atoms. The fraction of sp³-hybridized carbons (Fsp3) is 0. The second-order valence-corrected chi connectivity index (χ2v) is 2.60. The zero-order chi connectivity index (χ0) is 10.4. The van der Waals surface area contributed by atoms with Crippen molar-refractivity contribution in [2.24, 2.45) is 11.5 Å². The van der Waals surface area contributed by atoms with Crippen molar-refractivity contribution in [2.75, 3.05) is 0 Å². The van der Waals surface area contributed by atoms with Crippen molar-refractivity contribution in [3.05, 3.63) is 42.6 Å². The average Bonchev–Trinajstić information content (AvgIpc) is 2.17. The highest BCUT2D eigenvalue weighted by atomic mass is 16.2. The molecule has 14 heavy (non-hydrogen) atoms. The zero-order valence-electron chi connectivity index (χ0n) is 7.55. The number of nitrogens with two attached hydrogens (primary N) is 2. The summed E-state index contributed by atoms with van der Waals surface area (Å²) in [4.78, 5) is 13.2. The zero-order valence-corrected chi connectivity index (χ0v) is 7.55. The van der Waals surface area contributed by atoms with E-state index in [1.807, 2.05) is 30.5 Å². The van der Waals surface area contributed by atoms with Gasteiger partial charge in [-0.1, -0.05) is 24.3 Å². The lowest BCUT2D eigenvalue weighted by atomic mass is 10.2. The largest absolute Gasteiger partial charge is 0.352 e. The highest BCUT2D eigenvalue weighted by molar-refractivity contribution is 5.77. The molecular formula is C10H11N3O. The van der Waals surface area contributed by atoms with Gasteiger partial charge in [0, 0.05) is 11.6 Å². The van der Waals surface area contributed by atoms with E-state index in [2.05, 4.69) is 28.6 Å². The molecule has 4 N–H and O–H groups in total. The van der Waals surface area contributed by atoms with Gasteiger partial charge >= 0.3 is 6.03 Å². The molecule has 0 unspecified atom stereocenters. The monoisotopic (exact) mass is 189 g/mol. The maximum absolute atomic E-state index is 9.00. The van der Waals surface area contributed by atoms with Crippen molar-refractivity contribution in [2.45, 2.75) is 0 Å². The molecule has 0 saturated carbocycles. The van der Waals surface area contributed by atoms with E-state index >= 15 is 0 Å². The van der Waals surface area contributed by atoms with Crippen molar-refractivity contribution >= 4 is 16.9 Å². The second-order valence-electron chi connectivity index (χ2n) is 2.60. The number of nitrogens with zero attached hydrogens (tertiary/aromatic N) is 1. The molecule has 0 aliphatic rings. The van der Waals surface area contributed by atoms with E-state index < -0.39 is 6.03 Å². The minimum Gasteiger partial charge on any atom is -0.352 e. The molecule has 0 fully saturated rings. The molecule has 2 rings (SSSR count). The number of amides is 2.